The molecule has 8 rings (SSSR count). The number of esters is 1. The number of hydrogen-bond donors (Lipinski definition) is 5. The summed E-state index contributed by atoms with van der Waals surface area (Å²) in [6.45, 7) is 3.36. The lowest BCUT2D eigenvalue weighted by atomic mass is 10.0. The van der Waals surface area contributed by atoms with E-state index in [1.54, 1.807) is 9.13 Å². The highest BCUT2D eigenvalue weighted by Crippen LogP contribution is 2.53. The number of aliphatic hydroxyl groups excluding tert-OH is 1. The highest BCUT2D eigenvalue weighted by molar-refractivity contribution is 9.10. The fraction of sp³-hybridized carbons (Fsp3) is 0.600. The first-order valence-electron chi connectivity index (χ1n) is 17.8. The number of nitrogens with one attached hydrogen (secondary N) is 1. The Hall–Kier alpha value is -3.58. The molecular weight excluding hydrogens is 866 g/mol. The lowest BCUT2D eigenvalue weighted by Crippen LogP contribution is -2.53. The predicted molar refractivity (Wildman–Crippen MR) is 195 cm³/mol. The van der Waals surface area contributed by atoms with Crippen LogP contribution < -0.4 is 11.1 Å². The summed E-state index contributed by atoms with van der Waals surface area (Å²) in [5.41, 5.74) is 7.42. The van der Waals surface area contributed by atoms with Crippen LogP contribution in [0.2, 0.25) is 0 Å². The number of amides is 1. The number of aliphatic hydroxyl groups is 1. The second-order valence-corrected chi connectivity index (χ2v) is 16.8. The van der Waals surface area contributed by atoms with Crippen LogP contribution in [0.15, 0.2) is 23.7 Å². The van der Waals surface area contributed by atoms with E-state index in [2.05, 4.69) is 51.2 Å². The van der Waals surface area contributed by atoms with E-state index in [4.69, 9.17) is 38.0 Å². The van der Waals surface area contributed by atoms with Crippen LogP contribution in [0.5, 0.6) is 0 Å². The summed E-state index contributed by atoms with van der Waals surface area (Å²) in [7, 11) is -8.42. The zero-order chi connectivity index (χ0) is 40.6. The summed E-state index contributed by atoms with van der Waals surface area (Å²) in [6, 6.07) is 0. The predicted octanol–water partition coefficient (Wildman–Crippen LogP) is 2.42. The second-order valence-electron chi connectivity index (χ2n) is 13.3. The van der Waals surface area contributed by atoms with Crippen LogP contribution in [0.1, 0.15) is 64.8 Å². The van der Waals surface area contributed by atoms with Gasteiger partial charge in [0.25, 0.3) is 0 Å². The molecule has 4 aromatic heterocycles. The summed E-state index contributed by atoms with van der Waals surface area (Å²) in [6.07, 6.45) is -0.404. The SMILES string of the molecule is CCCC(=O)Nc1ncnc2c1ncn2C1CC(OC(=O)CCC)C2OP(=O)(O)OCC2O1.Nc1ncnc2c1nc(Br)n2C1CC(O)C2OP(=O)(O)OCC2O1. The van der Waals surface area contributed by atoms with Gasteiger partial charge in [0, 0.05) is 25.7 Å². The van der Waals surface area contributed by atoms with Crippen LogP contribution in [-0.2, 0) is 51.0 Å². The third-order valence-corrected chi connectivity index (χ3v) is 11.8. The quantitative estimate of drug-likeness (QED) is 0.0963. The van der Waals surface area contributed by atoms with Gasteiger partial charge in [-0.1, -0.05) is 13.8 Å². The van der Waals surface area contributed by atoms with Crippen molar-refractivity contribution >= 4 is 77.4 Å². The number of phosphoric ester groups is 2. The smallest absolute Gasteiger partial charge is 0.459 e. The van der Waals surface area contributed by atoms with Gasteiger partial charge in [-0.05, 0) is 28.8 Å². The number of ether oxygens (including phenoxy) is 3. The molecule has 4 fully saturated rings. The van der Waals surface area contributed by atoms with E-state index >= 15 is 0 Å². The lowest BCUT2D eigenvalue weighted by molar-refractivity contribution is -0.221. The highest BCUT2D eigenvalue weighted by Gasteiger charge is 2.51. The Morgan fingerprint density at radius 1 is 0.912 bits per heavy atom. The van der Waals surface area contributed by atoms with Crippen molar-refractivity contribution in [1.29, 1.82) is 0 Å². The van der Waals surface area contributed by atoms with Crippen molar-refractivity contribution in [1.82, 2.24) is 39.0 Å². The minimum Gasteiger partial charge on any atom is -0.459 e. The van der Waals surface area contributed by atoms with Gasteiger partial charge in [0.05, 0.1) is 25.6 Å². The second kappa shape index (κ2) is 17.0. The fourth-order valence-electron chi connectivity index (χ4n) is 6.70. The molecule has 4 aromatic rings. The number of hydrogen-bond acceptors (Lipinski definition) is 19. The van der Waals surface area contributed by atoms with E-state index in [-0.39, 0.29) is 50.0 Å². The Bertz CT molecular complexity index is 2230. The Kier molecular flexibility index (Phi) is 12.4. The van der Waals surface area contributed by atoms with Crippen LogP contribution in [0.4, 0.5) is 11.6 Å². The molecule has 0 aromatic carbocycles. The van der Waals surface area contributed by atoms with Crippen LogP contribution in [0, 0.1) is 0 Å². The summed E-state index contributed by atoms with van der Waals surface area (Å²) < 4.78 is 64.4. The van der Waals surface area contributed by atoms with E-state index < -0.39 is 70.7 Å². The first kappa shape index (κ1) is 41.6. The average Bonchev–Trinajstić information content (AvgIpc) is 3.74. The van der Waals surface area contributed by atoms with E-state index in [9.17, 15) is 33.6 Å². The van der Waals surface area contributed by atoms with Crippen molar-refractivity contribution in [2.75, 3.05) is 24.3 Å². The molecule has 57 heavy (non-hydrogen) atoms. The van der Waals surface area contributed by atoms with E-state index in [1.165, 1.54) is 19.0 Å². The Morgan fingerprint density at radius 2 is 1.56 bits per heavy atom. The van der Waals surface area contributed by atoms with E-state index in [0.29, 0.717) is 46.3 Å². The summed E-state index contributed by atoms with van der Waals surface area (Å²) in [4.78, 5) is 68.4. The number of carbonyl (C=O) groups is 2. The van der Waals surface area contributed by atoms with Gasteiger partial charge >= 0.3 is 21.6 Å². The number of imidazole rings is 2. The third-order valence-electron chi connectivity index (χ3n) is 9.22. The van der Waals surface area contributed by atoms with Gasteiger partial charge in [0.2, 0.25) is 5.91 Å². The van der Waals surface area contributed by atoms with Gasteiger partial charge in [-0.25, -0.2) is 39.0 Å². The molecule has 1 amide bonds. The molecule has 4 saturated heterocycles. The molecule has 8 heterocycles. The van der Waals surface area contributed by atoms with Gasteiger partial charge in [-0.2, -0.15) is 0 Å². The van der Waals surface area contributed by atoms with Gasteiger partial charge in [0.1, 0.15) is 55.6 Å². The number of carbonyl (C=O) groups excluding carboxylic acids is 2. The van der Waals surface area contributed by atoms with Crippen LogP contribution in [0.25, 0.3) is 22.3 Å². The lowest BCUT2D eigenvalue weighted by Gasteiger charge is -2.43. The topological polar surface area (TPSA) is 319 Å². The maximum Gasteiger partial charge on any atom is 0.472 e. The van der Waals surface area contributed by atoms with E-state index in [1.807, 2.05) is 13.8 Å². The molecular formula is C30H39BrN10O14P2. The molecule has 27 heteroatoms. The van der Waals surface area contributed by atoms with Crippen molar-refractivity contribution in [3.8, 4) is 0 Å². The number of fused-ring (bicyclic) bond motifs is 4. The van der Waals surface area contributed by atoms with Crippen molar-refractivity contribution in [2.45, 2.75) is 101 Å². The molecule has 6 N–H and O–H groups in total. The zero-order valence-electron chi connectivity index (χ0n) is 30.3. The Balaban J connectivity index is 0.000000183. The molecule has 0 spiro atoms. The van der Waals surface area contributed by atoms with Gasteiger partial charge in [-0.3, -0.25) is 36.8 Å². The summed E-state index contributed by atoms with van der Waals surface area (Å²) in [5.74, 6) is -0.123. The monoisotopic (exact) mass is 904 g/mol. The molecule has 4 aliphatic heterocycles. The Labute approximate surface area is 331 Å². The van der Waals surface area contributed by atoms with Crippen molar-refractivity contribution < 1.29 is 65.9 Å². The van der Waals surface area contributed by atoms with E-state index in [0.717, 1.165) is 0 Å². The number of anilines is 2. The largest absolute Gasteiger partial charge is 0.472 e. The minimum absolute atomic E-state index is 0.106. The minimum atomic E-state index is -4.27. The third kappa shape index (κ3) is 9.04. The van der Waals surface area contributed by atoms with Gasteiger partial charge < -0.3 is 40.2 Å². The average molecular weight is 906 g/mol. The summed E-state index contributed by atoms with van der Waals surface area (Å²) >= 11 is 3.33. The molecule has 24 nitrogen and oxygen atoms in total. The Morgan fingerprint density at radius 3 is 2.28 bits per heavy atom. The molecule has 10 unspecified atom stereocenters. The first-order chi connectivity index (χ1) is 27.2. The molecule has 310 valence electrons. The zero-order valence-corrected chi connectivity index (χ0v) is 33.6. The van der Waals surface area contributed by atoms with Crippen LogP contribution in [-0.4, -0.2) is 116 Å². The standard InChI is InChI=1S/C19H26N5O8P.C11H13BrN5O6P/c1-3-5-13(25)23-18-16-19(21-9-20-18)24(10-22-16)14-7-11(31-15(26)6-4-2)17-12(30-14)8-29-33(27,28)32-17;12-11-16-7-9(13)14-3-15-10(7)17(11)6-1-4(18)8-5(22-6)2-21-24(19,20)23-8/h9-12,14,17H,3-8H2,1-2H3,(H,27,28)(H,20,21,23,25);3-6,8,18H,1-2H2,(H,19,20)(H2,13,14,15). The molecule has 0 saturated carbocycles. The molecule has 0 radical (unpaired) electrons. The number of nitrogens with two attached hydrogens (primary N) is 1. The number of nitrogen functional groups attached to an aromatic ring is 1. The summed E-state index contributed by atoms with van der Waals surface area (Å²) in [5, 5.41) is 13.1. The van der Waals surface area contributed by atoms with Gasteiger partial charge in [-0.15, -0.1) is 0 Å². The first-order valence-corrected chi connectivity index (χ1v) is 21.6. The normalized spacial score (nSPS) is 32.5. The van der Waals surface area contributed by atoms with Crippen molar-refractivity contribution in [2.24, 2.45) is 0 Å². The molecule has 10 atom stereocenters. The van der Waals surface area contributed by atoms with Crippen LogP contribution >= 0.6 is 31.6 Å². The number of phosphoric acid groups is 2. The van der Waals surface area contributed by atoms with Crippen molar-refractivity contribution in [3.63, 3.8) is 0 Å². The maximum absolute atomic E-state index is 12.2. The molecule has 0 bridgehead atoms. The van der Waals surface area contributed by atoms with Gasteiger partial charge in [0.15, 0.2) is 38.7 Å². The number of aromatic nitrogens is 8. The highest BCUT2D eigenvalue weighted by atomic mass is 79.9. The number of rotatable bonds is 8. The fourth-order valence-corrected chi connectivity index (χ4v) is 9.23. The molecule has 0 aliphatic carbocycles. The van der Waals surface area contributed by atoms with Crippen molar-refractivity contribution in [3.05, 3.63) is 23.7 Å². The number of halogens is 1. The number of nitrogens with zero attached hydrogens (tertiary/aromatic N) is 8. The molecule has 4 aliphatic rings. The maximum atomic E-state index is 12.2. The van der Waals surface area contributed by atoms with Crippen LogP contribution in [0.3, 0.4) is 0 Å².